The van der Waals surface area contributed by atoms with E-state index in [9.17, 15) is 9.18 Å². The van der Waals surface area contributed by atoms with Crippen LogP contribution in [0.15, 0.2) is 77.3 Å². The van der Waals surface area contributed by atoms with E-state index in [1.165, 1.54) is 12.1 Å². The maximum Gasteiger partial charge on any atom is 0.252 e. The second-order valence-corrected chi connectivity index (χ2v) is 7.39. The minimum absolute atomic E-state index is 0.288. The lowest BCUT2D eigenvalue weighted by Gasteiger charge is -2.15. The Labute approximate surface area is 191 Å². The van der Waals surface area contributed by atoms with Crippen molar-refractivity contribution in [2.24, 2.45) is 0 Å². The molecule has 1 amide bonds. The number of aromatic nitrogens is 1. The SMILES string of the molecule is COc1ccc(-c2cnc(-c3ccccc3C(=O)N[C@@H](C)c3ccc(F)cc3)o2)c(OC)c1. The number of nitrogens with zero attached hydrogens (tertiary/aromatic N) is 1. The van der Waals surface area contributed by atoms with Gasteiger partial charge in [0.1, 0.15) is 17.3 Å². The number of carbonyl (C=O) groups excluding carboxylic acids is 1. The van der Waals surface area contributed by atoms with Gasteiger partial charge in [-0.05, 0) is 48.9 Å². The van der Waals surface area contributed by atoms with Gasteiger partial charge in [0.25, 0.3) is 5.91 Å². The number of methoxy groups -OCH3 is 2. The highest BCUT2D eigenvalue weighted by Gasteiger charge is 2.20. The van der Waals surface area contributed by atoms with Crippen LogP contribution in [0.1, 0.15) is 28.9 Å². The van der Waals surface area contributed by atoms with Crippen LogP contribution in [-0.2, 0) is 0 Å². The highest BCUT2D eigenvalue weighted by atomic mass is 19.1. The van der Waals surface area contributed by atoms with Crippen LogP contribution in [0, 0.1) is 5.82 Å². The third kappa shape index (κ3) is 4.72. The molecule has 0 unspecified atom stereocenters. The Bertz CT molecular complexity index is 1270. The maximum atomic E-state index is 13.2. The van der Waals surface area contributed by atoms with Gasteiger partial charge in [-0.1, -0.05) is 24.3 Å². The molecule has 4 aromatic rings. The van der Waals surface area contributed by atoms with E-state index in [-0.39, 0.29) is 17.8 Å². The fourth-order valence-electron chi connectivity index (χ4n) is 3.50. The van der Waals surface area contributed by atoms with E-state index in [0.29, 0.717) is 39.8 Å². The molecule has 1 N–H and O–H groups in total. The van der Waals surface area contributed by atoms with Gasteiger partial charge >= 0.3 is 0 Å². The summed E-state index contributed by atoms with van der Waals surface area (Å²) in [4.78, 5) is 17.4. The number of benzene rings is 3. The van der Waals surface area contributed by atoms with Crippen LogP contribution >= 0.6 is 0 Å². The van der Waals surface area contributed by atoms with Crippen LogP contribution in [0.3, 0.4) is 0 Å². The third-order valence-electron chi connectivity index (χ3n) is 5.30. The van der Waals surface area contributed by atoms with Crippen LogP contribution in [-0.4, -0.2) is 25.1 Å². The zero-order valence-electron chi connectivity index (χ0n) is 18.5. The molecule has 1 atom stereocenters. The molecule has 0 saturated carbocycles. The van der Waals surface area contributed by atoms with E-state index in [2.05, 4.69) is 10.3 Å². The number of amides is 1. The zero-order valence-corrected chi connectivity index (χ0v) is 18.5. The van der Waals surface area contributed by atoms with Crippen LogP contribution in [0.2, 0.25) is 0 Å². The number of halogens is 1. The van der Waals surface area contributed by atoms with Gasteiger partial charge in [-0.15, -0.1) is 0 Å². The van der Waals surface area contributed by atoms with Gasteiger partial charge in [0.05, 0.1) is 37.6 Å². The normalized spacial score (nSPS) is 11.6. The van der Waals surface area contributed by atoms with Crippen LogP contribution < -0.4 is 14.8 Å². The molecule has 0 radical (unpaired) electrons. The van der Waals surface area contributed by atoms with Crippen LogP contribution in [0.4, 0.5) is 4.39 Å². The summed E-state index contributed by atoms with van der Waals surface area (Å²) in [6.07, 6.45) is 1.59. The molecule has 0 spiro atoms. The van der Waals surface area contributed by atoms with Crippen LogP contribution in [0.25, 0.3) is 22.8 Å². The summed E-state index contributed by atoms with van der Waals surface area (Å²) < 4.78 is 29.9. The molecule has 3 aromatic carbocycles. The molecule has 33 heavy (non-hydrogen) atoms. The Morgan fingerprint density at radius 2 is 1.76 bits per heavy atom. The minimum Gasteiger partial charge on any atom is -0.497 e. The van der Waals surface area contributed by atoms with Crippen molar-refractivity contribution in [1.29, 1.82) is 0 Å². The molecule has 1 heterocycles. The van der Waals surface area contributed by atoms with Gasteiger partial charge in [-0.25, -0.2) is 9.37 Å². The standard InChI is InChI=1S/C26H23FN2O4/c1-16(17-8-10-18(27)11-9-17)29-25(30)20-6-4-5-7-21(20)26-28-15-24(33-26)22-13-12-19(31-2)14-23(22)32-3/h4-16H,1-3H3,(H,29,30)/t16-/m0/s1. The highest BCUT2D eigenvalue weighted by molar-refractivity contribution is 6.00. The Morgan fingerprint density at radius 3 is 2.48 bits per heavy atom. The lowest BCUT2D eigenvalue weighted by Crippen LogP contribution is -2.27. The Balaban J connectivity index is 1.61. The summed E-state index contributed by atoms with van der Waals surface area (Å²) in [5.74, 6) is 1.44. The molecule has 4 rings (SSSR count). The number of hydrogen-bond donors (Lipinski definition) is 1. The van der Waals surface area contributed by atoms with E-state index < -0.39 is 0 Å². The molecule has 6 nitrogen and oxygen atoms in total. The lowest BCUT2D eigenvalue weighted by molar-refractivity contribution is 0.0940. The summed E-state index contributed by atoms with van der Waals surface area (Å²) >= 11 is 0. The van der Waals surface area contributed by atoms with E-state index in [1.54, 1.807) is 62.9 Å². The summed E-state index contributed by atoms with van der Waals surface area (Å²) in [6, 6.07) is 18.2. The molecule has 0 aliphatic heterocycles. The van der Waals surface area contributed by atoms with Crippen molar-refractivity contribution in [1.82, 2.24) is 10.3 Å². The number of rotatable bonds is 7. The summed E-state index contributed by atoms with van der Waals surface area (Å²) in [5.41, 5.74) is 2.48. The predicted molar refractivity (Wildman–Crippen MR) is 123 cm³/mol. The van der Waals surface area contributed by atoms with Gasteiger partial charge in [0.2, 0.25) is 5.89 Å². The van der Waals surface area contributed by atoms with Crippen molar-refractivity contribution in [2.45, 2.75) is 13.0 Å². The van der Waals surface area contributed by atoms with Crippen molar-refractivity contribution >= 4 is 5.91 Å². The first-order chi connectivity index (χ1) is 16.0. The molecular formula is C26H23FN2O4. The topological polar surface area (TPSA) is 73.6 Å². The molecular weight excluding hydrogens is 423 g/mol. The monoisotopic (exact) mass is 446 g/mol. The molecule has 168 valence electrons. The molecule has 0 bridgehead atoms. The first-order valence-electron chi connectivity index (χ1n) is 10.3. The fourth-order valence-corrected chi connectivity index (χ4v) is 3.50. The zero-order chi connectivity index (χ0) is 23.4. The van der Waals surface area contributed by atoms with E-state index in [4.69, 9.17) is 13.9 Å². The van der Waals surface area contributed by atoms with Gasteiger partial charge < -0.3 is 19.2 Å². The Kier molecular flexibility index (Phi) is 6.40. The minimum atomic E-state index is -0.323. The smallest absolute Gasteiger partial charge is 0.252 e. The Morgan fingerprint density at radius 1 is 1.00 bits per heavy atom. The van der Waals surface area contributed by atoms with Crippen molar-refractivity contribution in [3.05, 3.63) is 89.9 Å². The number of ether oxygens (including phenoxy) is 2. The average molecular weight is 446 g/mol. The second-order valence-electron chi connectivity index (χ2n) is 7.39. The molecule has 1 aromatic heterocycles. The van der Waals surface area contributed by atoms with Crippen molar-refractivity contribution in [3.8, 4) is 34.3 Å². The summed E-state index contributed by atoms with van der Waals surface area (Å²) in [6.45, 7) is 1.84. The van der Waals surface area contributed by atoms with Crippen molar-refractivity contribution in [2.75, 3.05) is 14.2 Å². The second kappa shape index (κ2) is 9.56. The predicted octanol–water partition coefficient (Wildman–Crippen LogP) is 5.66. The van der Waals surface area contributed by atoms with Gasteiger partial charge in [0, 0.05) is 11.6 Å². The quantitative estimate of drug-likeness (QED) is 0.397. The summed E-state index contributed by atoms with van der Waals surface area (Å²) in [5, 5.41) is 2.95. The summed E-state index contributed by atoms with van der Waals surface area (Å²) in [7, 11) is 3.15. The molecule has 0 aliphatic carbocycles. The Hall–Kier alpha value is -4.13. The fraction of sp³-hybridized carbons (Fsp3) is 0.154. The van der Waals surface area contributed by atoms with Crippen molar-refractivity contribution < 1.29 is 23.1 Å². The number of carbonyl (C=O) groups is 1. The lowest BCUT2D eigenvalue weighted by atomic mass is 10.0. The average Bonchev–Trinajstić information content (AvgIpc) is 3.34. The largest absolute Gasteiger partial charge is 0.497 e. The number of nitrogens with one attached hydrogen (secondary N) is 1. The number of oxazole rings is 1. The van der Waals surface area contributed by atoms with E-state index in [0.717, 1.165) is 5.56 Å². The van der Waals surface area contributed by atoms with Crippen LogP contribution in [0.5, 0.6) is 11.5 Å². The van der Waals surface area contributed by atoms with E-state index >= 15 is 0 Å². The van der Waals surface area contributed by atoms with Crippen molar-refractivity contribution in [3.63, 3.8) is 0 Å². The third-order valence-corrected chi connectivity index (χ3v) is 5.30. The molecule has 0 fully saturated rings. The molecule has 7 heteroatoms. The first kappa shape index (κ1) is 22.1. The van der Waals surface area contributed by atoms with Gasteiger partial charge in [-0.3, -0.25) is 4.79 Å². The van der Waals surface area contributed by atoms with E-state index in [1.807, 2.05) is 19.1 Å². The molecule has 0 aliphatic rings. The van der Waals surface area contributed by atoms with Gasteiger partial charge in [-0.2, -0.15) is 0 Å². The first-order valence-corrected chi connectivity index (χ1v) is 10.3. The van der Waals surface area contributed by atoms with Gasteiger partial charge in [0.15, 0.2) is 5.76 Å². The maximum absolute atomic E-state index is 13.2. The highest BCUT2D eigenvalue weighted by Crippen LogP contribution is 2.35. The number of hydrogen-bond acceptors (Lipinski definition) is 5. The molecule has 0 saturated heterocycles.